The van der Waals surface area contributed by atoms with Gasteiger partial charge in [-0.1, -0.05) is 12.1 Å². The van der Waals surface area contributed by atoms with E-state index in [9.17, 15) is 4.79 Å². The van der Waals surface area contributed by atoms with Crippen LogP contribution in [0.15, 0.2) is 47.1 Å². The first-order valence-corrected chi connectivity index (χ1v) is 11.1. The number of benzene rings is 1. The molecule has 168 valence electrons. The standard InChI is InChI=1S/C23H32N4O4/c28-23(27-8-6-26(7-9-27)19-22-5-2-13-30-22)24-18-20-3-1-4-21(17-20)31-16-12-25-10-14-29-15-11-25/h1-5,13,17H,6-12,14-16,18-19H2,(H,24,28). The maximum atomic E-state index is 12.6. The van der Waals surface area contributed by atoms with Crippen LogP contribution in [0.1, 0.15) is 11.3 Å². The van der Waals surface area contributed by atoms with Crippen LogP contribution in [-0.4, -0.2) is 86.4 Å². The minimum absolute atomic E-state index is 0.0173. The van der Waals surface area contributed by atoms with Crippen molar-refractivity contribution in [3.63, 3.8) is 0 Å². The van der Waals surface area contributed by atoms with Gasteiger partial charge in [0, 0.05) is 52.4 Å². The van der Waals surface area contributed by atoms with Crippen LogP contribution < -0.4 is 10.1 Å². The first kappa shape index (κ1) is 21.7. The lowest BCUT2D eigenvalue weighted by molar-refractivity contribution is 0.0322. The van der Waals surface area contributed by atoms with Gasteiger partial charge < -0.3 is 24.1 Å². The van der Waals surface area contributed by atoms with Crippen LogP contribution in [-0.2, 0) is 17.8 Å². The number of nitrogens with one attached hydrogen (secondary N) is 1. The van der Waals surface area contributed by atoms with E-state index in [1.807, 2.05) is 41.3 Å². The van der Waals surface area contributed by atoms with Gasteiger partial charge in [0.2, 0.25) is 0 Å². The van der Waals surface area contributed by atoms with Crippen molar-refractivity contribution in [2.75, 3.05) is 65.6 Å². The summed E-state index contributed by atoms with van der Waals surface area (Å²) in [6, 6.07) is 11.8. The summed E-state index contributed by atoms with van der Waals surface area (Å²) in [4.78, 5) is 19.1. The first-order valence-electron chi connectivity index (χ1n) is 11.1. The molecule has 1 aromatic heterocycles. The molecule has 8 heteroatoms. The number of carbonyl (C=O) groups excluding carboxylic acids is 1. The number of hydrogen-bond donors (Lipinski definition) is 1. The fourth-order valence-electron chi connectivity index (χ4n) is 3.88. The van der Waals surface area contributed by atoms with Gasteiger partial charge in [-0.25, -0.2) is 4.79 Å². The number of morpholine rings is 1. The molecule has 3 heterocycles. The average molecular weight is 429 g/mol. The molecule has 8 nitrogen and oxygen atoms in total. The van der Waals surface area contributed by atoms with Gasteiger partial charge in [-0.15, -0.1) is 0 Å². The van der Waals surface area contributed by atoms with Crippen molar-refractivity contribution in [1.29, 1.82) is 0 Å². The van der Waals surface area contributed by atoms with Gasteiger partial charge in [0.25, 0.3) is 0 Å². The number of ether oxygens (including phenoxy) is 2. The predicted molar refractivity (Wildman–Crippen MR) is 117 cm³/mol. The molecular formula is C23H32N4O4. The SMILES string of the molecule is O=C(NCc1cccc(OCCN2CCOCC2)c1)N1CCN(Cc2ccco2)CC1. The number of hydrogen-bond acceptors (Lipinski definition) is 6. The van der Waals surface area contributed by atoms with Crippen LogP contribution in [0.2, 0.25) is 0 Å². The Morgan fingerprint density at radius 3 is 2.61 bits per heavy atom. The van der Waals surface area contributed by atoms with Gasteiger partial charge >= 0.3 is 6.03 Å². The number of urea groups is 1. The largest absolute Gasteiger partial charge is 0.492 e. The molecule has 0 saturated carbocycles. The number of amides is 2. The summed E-state index contributed by atoms with van der Waals surface area (Å²) < 4.78 is 16.7. The minimum atomic E-state index is -0.0173. The van der Waals surface area contributed by atoms with Gasteiger partial charge in [0.15, 0.2) is 0 Å². The van der Waals surface area contributed by atoms with Crippen molar-refractivity contribution >= 4 is 6.03 Å². The molecule has 1 N–H and O–H groups in total. The van der Waals surface area contributed by atoms with Gasteiger partial charge in [0.05, 0.1) is 26.0 Å². The molecule has 31 heavy (non-hydrogen) atoms. The minimum Gasteiger partial charge on any atom is -0.492 e. The Bertz CT molecular complexity index is 800. The number of rotatable bonds is 8. The summed E-state index contributed by atoms with van der Waals surface area (Å²) >= 11 is 0. The molecule has 2 fully saturated rings. The van der Waals surface area contributed by atoms with Crippen molar-refractivity contribution in [3.8, 4) is 5.75 Å². The second kappa shape index (κ2) is 11.2. The van der Waals surface area contributed by atoms with Crippen LogP contribution >= 0.6 is 0 Å². The monoisotopic (exact) mass is 428 g/mol. The van der Waals surface area contributed by atoms with Crippen molar-refractivity contribution in [3.05, 3.63) is 54.0 Å². The Kier molecular flexibility index (Phi) is 7.81. The van der Waals surface area contributed by atoms with Crippen LogP contribution in [0.4, 0.5) is 4.79 Å². The number of furan rings is 1. The fourth-order valence-corrected chi connectivity index (χ4v) is 3.88. The summed E-state index contributed by atoms with van der Waals surface area (Å²) in [5.74, 6) is 1.80. The van der Waals surface area contributed by atoms with E-state index in [-0.39, 0.29) is 6.03 Å². The zero-order chi connectivity index (χ0) is 21.3. The Morgan fingerprint density at radius 1 is 1.00 bits per heavy atom. The lowest BCUT2D eigenvalue weighted by atomic mass is 10.2. The van der Waals surface area contributed by atoms with Gasteiger partial charge in [0.1, 0.15) is 18.1 Å². The third-order valence-corrected chi connectivity index (χ3v) is 5.74. The Hall–Kier alpha value is -2.55. The highest BCUT2D eigenvalue weighted by atomic mass is 16.5. The van der Waals surface area contributed by atoms with Crippen molar-refractivity contribution < 1.29 is 18.7 Å². The molecule has 2 aliphatic rings. The van der Waals surface area contributed by atoms with E-state index in [0.29, 0.717) is 13.2 Å². The van der Waals surface area contributed by atoms with E-state index >= 15 is 0 Å². The number of piperazine rings is 1. The van der Waals surface area contributed by atoms with E-state index in [0.717, 1.165) is 82.6 Å². The fraction of sp³-hybridized carbons (Fsp3) is 0.522. The lowest BCUT2D eigenvalue weighted by Crippen LogP contribution is -2.51. The molecular weight excluding hydrogens is 396 g/mol. The number of carbonyl (C=O) groups is 1. The second-order valence-electron chi connectivity index (χ2n) is 7.95. The normalized spacial score (nSPS) is 18.1. The molecule has 0 atom stereocenters. The van der Waals surface area contributed by atoms with E-state index in [1.165, 1.54) is 0 Å². The maximum Gasteiger partial charge on any atom is 0.317 e. The molecule has 0 aliphatic carbocycles. The molecule has 1 aromatic carbocycles. The molecule has 2 aliphatic heterocycles. The molecule has 0 unspecified atom stereocenters. The summed E-state index contributed by atoms with van der Waals surface area (Å²) in [6.45, 7) is 9.50. The second-order valence-corrected chi connectivity index (χ2v) is 7.95. The van der Waals surface area contributed by atoms with Crippen LogP contribution in [0.25, 0.3) is 0 Å². The zero-order valence-electron chi connectivity index (χ0n) is 18.0. The Morgan fingerprint density at radius 2 is 1.84 bits per heavy atom. The molecule has 2 aromatic rings. The van der Waals surface area contributed by atoms with Gasteiger partial charge in [-0.2, -0.15) is 0 Å². The van der Waals surface area contributed by atoms with Crippen molar-refractivity contribution in [1.82, 2.24) is 20.0 Å². The van der Waals surface area contributed by atoms with Crippen LogP contribution in [0.5, 0.6) is 5.75 Å². The molecule has 0 spiro atoms. The first-order chi connectivity index (χ1) is 15.3. The lowest BCUT2D eigenvalue weighted by Gasteiger charge is -2.34. The highest BCUT2D eigenvalue weighted by molar-refractivity contribution is 5.74. The highest BCUT2D eigenvalue weighted by Gasteiger charge is 2.21. The molecule has 0 radical (unpaired) electrons. The summed E-state index contributed by atoms with van der Waals surface area (Å²) in [6.07, 6.45) is 1.70. The Labute approximate surface area is 183 Å². The molecule has 2 saturated heterocycles. The maximum absolute atomic E-state index is 12.6. The van der Waals surface area contributed by atoms with E-state index in [1.54, 1.807) is 6.26 Å². The molecule has 2 amide bonds. The highest BCUT2D eigenvalue weighted by Crippen LogP contribution is 2.14. The quantitative estimate of drug-likeness (QED) is 0.694. The summed E-state index contributed by atoms with van der Waals surface area (Å²) in [5.41, 5.74) is 1.04. The predicted octanol–water partition coefficient (Wildman–Crippen LogP) is 2.02. The van der Waals surface area contributed by atoms with Gasteiger partial charge in [-0.05, 0) is 29.8 Å². The van der Waals surface area contributed by atoms with E-state index in [4.69, 9.17) is 13.9 Å². The molecule has 0 bridgehead atoms. The van der Waals surface area contributed by atoms with Crippen molar-refractivity contribution in [2.45, 2.75) is 13.1 Å². The Balaban J connectivity index is 1.16. The van der Waals surface area contributed by atoms with E-state index in [2.05, 4.69) is 15.1 Å². The average Bonchev–Trinajstić information content (AvgIpc) is 3.32. The van der Waals surface area contributed by atoms with Crippen LogP contribution in [0.3, 0.4) is 0 Å². The zero-order valence-corrected chi connectivity index (χ0v) is 18.0. The summed E-state index contributed by atoms with van der Waals surface area (Å²) in [7, 11) is 0. The van der Waals surface area contributed by atoms with E-state index < -0.39 is 0 Å². The van der Waals surface area contributed by atoms with Gasteiger partial charge in [-0.3, -0.25) is 9.80 Å². The topological polar surface area (TPSA) is 70.4 Å². The number of nitrogens with zero attached hydrogens (tertiary/aromatic N) is 3. The summed E-state index contributed by atoms with van der Waals surface area (Å²) in [5, 5.41) is 3.04. The third-order valence-electron chi connectivity index (χ3n) is 5.74. The van der Waals surface area contributed by atoms with Crippen molar-refractivity contribution in [2.24, 2.45) is 0 Å². The smallest absolute Gasteiger partial charge is 0.317 e. The molecule has 4 rings (SSSR count). The third kappa shape index (κ3) is 6.72. The van der Waals surface area contributed by atoms with Crippen LogP contribution in [0, 0.1) is 0 Å².